The predicted octanol–water partition coefficient (Wildman–Crippen LogP) is 3.39. The summed E-state index contributed by atoms with van der Waals surface area (Å²) in [5.41, 5.74) is -0.703. The summed E-state index contributed by atoms with van der Waals surface area (Å²) >= 11 is 0. The summed E-state index contributed by atoms with van der Waals surface area (Å²) in [5, 5.41) is 2.89. The second kappa shape index (κ2) is 6.43. The third-order valence-corrected chi connectivity index (χ3v) is 3.48. The zero-order chi connectivity index (χ0) is 14.6. The molecule has 1 aliphatic heterocycles. The molecule has 1 saturated heterocycles. The van der Waals surface area contributed by atoms with E-state index in [0.717, 1.165) is 25.7 Å². The van der Waals surface area contributed by atoms with E-state index in [1.165, 1.54) is 31.5 Å². The third kappa shape index (κ3) is 4.10. The zero-order valence-corrected chi connectivity index (χ0v) is 11.6. The predicted molar refractivity (Wildman–Crippen MR) is 72.6 cm³/mol. The van der Waals surface area contributed by atoms with Crippen molar-refractivity contribution >= 4 is 5.82 Å². The molecule has 20 heavy (non-hydrogen) atoms. The van der Waals surface area contributed by atoms with Gasteiger partial charge in [-0.25, -0.2) is 4.98 Å². The molecule has 1 atom stereocenters. The number of nitrogens with one attached hydrogen (secondary N) is 1. The van der Waals surface area contributed by atoms with Crippen LogP contribution in [0.15, 0.2) is 18.3 Å². The van der Waals surface area contributed by atoms with Crippen molar-refractivity contribution in [1.82, 2.24) is 9.88 Å². The Hall–Kier alpha value is -1.30. The Morgan fingerprint density at radius 3 is 2.65 bits per heavy atom. The summed E-state index contributed by atoms with van der Waals surface area (Å²) in [6, 6.07) is 2.30. The molecule has 2 rings (SSSR count). The molecule has 1 unspecified atom stereocenters. The molecule has 0 bridgehead atoms. The van der Waals surface area contributed by atoms with Gasteiger partial charge in [0.05, 0.1) is 5.56 Å². The van der Waals surface area contributed by atoms with Crippen LogP contribution in [0.1, 0.15) is 31.7 Å². The minimum Gasteiger partial charge on any atom is -0.366 e. The van der Waals surface area contributed by atoms with Gasteiger partial charge in [0.1, 0.15) is 5.82 Å². The number of anilines is 1. The van der Waals surface area contributed by atoms with Crippen molar-refractivity contribution in [2.24, 2.45) is 0 Å². The summed E-state index contributed by atoms with van der Waals surface area (Å²) in [4.78, 5) is 6.12. The molecule has 1 aromatic heterocycles. The van der Waals surface area contributed by atoms with Crippen molar-refractivity contribution in [3.63, 3.8) is 0 Å². The lowest BCUT2D eigenvalue weighted by Gasteiger charge is -2.29. The number of alkyl halides is 3. The SMILES string of the molecule is CC(CN1CCCCC1)Nc1ncccc1C(F)(F)F. The number of aromatic nitrogens is 1. The molecule has 1 aliphatic rings. The number of halogens is 3. The van der Waals surface area contributed by atoms with Gasteiger partial charge >= 0.3 is 6.18 Å². The maximum Gasteiger partial charge on any atom is 0.419 e. The van der Waals surface area contributed by atoms with Crippen LogP contribution in [0.4, 0.5) is 19.0 Å². The standard InChI is InChI=1S/C14H20F3N3/c1-11(10-20-8-3-2-4-9-20)19-13-12(14(15,16)17)6-5-7-18-13/h5-7,11H,2-4,8-10H2,1H3,(H,18,19). The van der Waals surface area contributed by atoms with E-state index >= 15 is 0 Å². The highest BCUT2D eigenvalue weighted by atomic mass is 19.4. The van der Waals surface area contributed by atoms with Gasteiger partial charge < -0.3 is 10.2 Å². The first-order valence-electron chi connectivity index (χ1n) is 6.98. The van der Waals surface area contributed by atoms with Gasteiger partial charge in [0.2, 0.25) is 0 Å². The topological polar surface area (TPSA) is 28.2 Å². The minimum absolute atomic E-state index is 0.0656. The van der Waals surface area contributed by atoms with Gasteiger partial charge in [0.25, 0.3) is 0 Å². The Morgan fingerprint density at radius 1 is 1.30 bits per heavy atom. The molecule has 2 heterocycles. The van der Waals surface area contributed by atoms with Crippen LogP contribution in [0.2, 0.25) is 0 Å². The minimum atomic E-state index is -4.37. The van der Waals surface area contributed by atoms with Crippen molar-refractivity contribution in [3.05, 3.63) is 23.9 Å². The molecular formula is C14H20F3N3. The van der Waals surface area contributed by atoms with E-state index in [4.69, 9.17) is 0 Å². The van der Waals surface area contributed by atoms with Crippen LogP contribution < -0.4 is 5.32 Å². The van der Waals surface area contributed by atoms with Gasteiger partial charge in [0.15, 0.2) is 0 Å². The Labute approximate surface area is 117 Å². The van der Waals surface area contributed by atoms with E-state index in [1.54, 1.807) is 0 Å². The number of hydrogen-bond donors (Lipinski definition) is 1. The van der Waals surface area contributed by atoms with Crippen molar-refractivity contribution < 1.29 is 13.2 Å². The molecule has 6 heteroatoms. The molecule has 0 aliphatic carbocycles. The molecule has 0 spiro atoms. The molecule has 3 nitrogen and oxygen atoms in total. The molecule has 0 saturated carbocycles. The quantitative estimate of drug-likeness (QED) is 0.920. The zero-order valence-electron chi connectivity index (χ0n) is 11.6. The van der Waals surface area contributed by atoms with Crippen LogP contribution in [-0.4, -0.2) is 35.6 Å². The summed E-state index contributed by atoms with van der Waals surface area (Å²) in [7, 11) is 0. The Bertz CT molecular complexity index is 428. The molecule has 1 N–H and O–H groups in total. The lowest BCUT2D eigenvalue weighted by molar-refractivity contribution is -0.137. The molecule has 0 aromatic carbocycles. The highest BCUT2D eigenvalue weighted by molar-refractivity contribution is 5.46. The van der Waals surface area contributed by atoms with Gasteiger partial charge in [-0.1, -0.05) is 6.42 Å². The maximum atomic E-state index is 12.9. The smallest absolute Gasteiger partial charge is 0.366 e. The van der Waals surface area contributed by atoms with Gasteiger partial charge in [-0.05, 0) is 45.0 Å². The average Bonchev–Trinajstić information content (AvgIpc) is 2.39. The fourth-order valence-electron chi connectivity index (χ4n) is 2.56. The first kappa shape index (κ1) is 15.1. The summed E-state index contributed by atoms with van der Waals surface area (Å²) in [5.74, 6) is -0.0792. The third-order valence-electron chi connectivity index (χ3n) is 3.48. The van der Waals surface area contributed by atoms with Crippen molar-refractivity contribution in [2.45, 2.75) is 38.4 Å². The fourth-order valence-corrected chi connectivity index (χ4v) is 2.56. The van der Waals surface area contributed by atoms with Crippen LogP contribution in [0.25, 0.3) is 0 Å². The van der Waals surface area contributed by atoms with E-state index in [9.17, 15) is 13.2 Å². The van der Waals surface area contributed by atoms with Gasteiger partial charge in [0, 0.05) is 18.8 Å². The number of hydrogen-bond acceptors (Lipinski definition) is 3. The van der Waals surface area contributed by atoms with Crippen LogP contribution in [-0.2, 0) is 6.18 Å². The second-order valence-electron chi connectivity index (χ2n) is 5.30. The second-order valence-corrected chi connectivity index (χ2v) is 5.30. The Kier molecular flexibility index (Phi) is 4.86. The number of rotatable bonds is 4. The maximum absolute atomic E-state index is 12.9. The van der Waals surface area contributed by atoms with E-state index in [0.29, 0.717) is 0 Å². The van der Waals surface area contributed by atoms with Crippen molar-refractivity contribution in [1.29, 1.82) is 0 Å². The fraction of sp³-hybridized carbons (Fsp3) is 0.643. The Balaban J connectivity index is 1.98. The molecular weight excluding hydrogens is 267 g/mol. The van der Waals surface area contributed by atoms with E-state index in [1.807, 2.05) is 6.92 Å². The van der Waals surface area contributed by atoms with Crippen LogP contribution in [0, 0.1) is 0 Å². The highest BCUT2D eigenvalue weighted by Gasteiger charge is 2.34. The first-order valence-corrected chi connectivity index (χ1v) is 6.98. The van der Waals surface area contributed by atoms with Gasteiger partial charge in [-0.15, -0.1) is 0 Å². The summed E-state index contributed by atoms with van der Waals surface area (Å²) in [6.45, 7) is 4.69. The molecule has 1 fully saturated rings. The number of pyridine rings is 1. The van der Waals surface area contributed by atoms with E-state index in [2.05, 4.69) is 15.2 Å². The highest BCUT2D eigenvalue weighted by Crippen LogP contribution is 2.33. The van der Waals surface area contributed by atoms with Crippen LogP contribution >= 0.6 is 0 Å². The monoisotopic (exact) mass is 287 g/mol. The molecule has 112 valence electrons. The van der Waals surface area contributed by atoms with Crippen LogP contribution in [0.5, 0.6) is 0 Å². The lowest BCUT2D eigenvalue weighted by atomic mass is 10.1. The molecule has 0 radical (unpaired) electrons. The molecule has 0 amide bonds. The van der Waals surface area contributed by atoms with E-state index in [-0.39, 0.29) is 11.9 Å². The van der Waals surface area contributed by atoms with E-state index < -0.39 is 11.7 Å². The summed E-state index contributed by atoms with van der Waals surface area (Å²) < 4.78 is 38.6. The number of piperidine rings is 1. The average molecular weight is 287 g/mol. The normalized spacial score (nSPS) is 18.8. The molecule has 1 aromatic rings. The Morgan fingerprint density at radius 2 is 2.00 bits per heavy atom. The first-order chi connectivity index (χ1) is 9.47. The number of nitrogens with zero attached hydrogens (tertiary/aromatic N) is 2. The summed E-state index contributed by atoms with van der Waals surface area (Å²) in [6.07, 6.45) is 0.595. The lowest BCUT2D eigenvalue weighted by Crippen LogP contribution is -2.38. The van der Waals surface area contributed by atoms with Gasteiger partial charge in [-0.2, -0.15) is 13.2 Å². The van der Waals surface area contributed by atoms with Gasteiger partial charge in [-0.3, -0.25) is 0 Å². The number of likely N-dealkylation sites (tertiary alicyclic amines) is 1. The van der Waals surface area contributed by atoms with Crippen LogP contribution in [0.3, 0.4) is 0 Å². The largest absolute Gasteiger partial charge is 0.419 e. The van der Waals surface area contributed by atoms with Crippen molar-refractivity contribution in [2.75, 3.05) is 25.0 Å². The van der Waals surface area contributed by atoms with Crippen molar-refractivity contribution in [3.8, 4) is 0 Å².